The third kappa shape index (κ3) is 2.68. The van der Waals surface area contributed by atoms with E-state index in [9.17, 15) is 14.3 Å². The number of aliphatic hydroxyl groups is 1. The lowest BCUT2D eigenvalue weighted by Crippen LogP contribution is -2.22. The minimum absolute atomic E-state index is 0.109. The molecule has 0 atom stereocenters. The fraction of sp³-hybridized carbons (Fsp3) is 0.176. The number of rotatable bonds is 4. The van der Waals surface area contributed by atoms with Crippen LogP contribution in [0.25, 0.3) is 16.8 Å². The van der Waals surface area contributed by atoms with E-state index >= 15 is 0 Å². The zero-order valence-electron chi connectivity index (χ0n) is 13.8. The molecule has 132 valence electrons. The normalized spacial score (nSPS) is 11.3. The third-order valence-corrected chi connectivity index (χ3v) is 4.01. The topological polar surface area (TPSA) is 98.5 Å². The van der Waals surface area contributed by atoms with Crippen LogP contribution in [0, 0.1) is 12.7 Å². The Bertz CT molecular complexity index is 1140. The monoisotopic (exact) mass is 355 g/mol. The smallest absolute Gasteiger partial charge is 0.277 e. The van der Waals surface area contributed by atoms with Gasteiger partial charge in [0.25, 0.3) is 5.56 Å². The predicted molar refractivity (Wildman–Crippen MR) is 88.9 cm³/mol. The third-order valence-electron chi connectivity index (χ3n) is 4.01. The molecule has 4 rings (SSSR count). The molecule has 0 bridgehead atoms. The molecule has 9 heteroatoms. The molecular formula is C17H14FN5O3. The van der Waals surface area contributed by atoms with Gasteiger partial charge in [-0.3, -0.25) is 4.79 Å². The van der Waals surface area contributed by atoms with Crippen LogP contribution in [0.2, 0.25) is 0 Å². The second-order valence-corrected chi connectivity index (χ2v) is 5.75. The van der Waals surface area contributed by atoms with Crippen molar-refractivity contribution in [1.82, 2.24) is 24.3 Å². The predicted octanol–water partition coefficient (Wildman–Crippen LogP) is 1.53. The second kappa shape index (κ2) is 6.19. The van der Waals surface area contributed by atoms with Crippen LogP contribution < -0.4 is 5.56 Å². The van der Waals surface area contributed by atoms with E-state index in [-0.39, 0.29) is 30.0 Å². The first-order valence-electron chi connectivity index (χ1n) is 7.83. The first-order chi connectivity index (χ1) is 12.6. The number of benzene rings is 1. The Balaban J connectivity index is 1.86. The fourth-order valence-corrected chi connectivity index (χ4v) is 2.81. The zero-order chi connectivity index (χ0) is 18.3. The zero-order valence-corrected chi connectivity index (χ0v) is 13.8. The van der Waals surface area contributed by atoms with Gasteiger partial charge in [-0.25, -0.2) is 8.91 Å². The Morgan fingerprint density at radius 2 is 2.00 bits per heavy atom. The van der Waals surface area contributed by atoms with Crippen LogP contribution in [0.3, 0.4) is 0 Å². The van der Waals surface area contributed by atoms with Crippen LogP contribution in [0.1, 0.15) is 17.3 Å². The van der Waals surface area contributed by atoms with E-state index in [4.69, 9.17) is 4.52 Å². The highest BCUT2D eigenvalue weighted by atomic mass is 19.1. The second-order valence-electron chi connectivity index (χ2n) is 5.75. The van der Waals surface area contributed by atoms with E-state index in [1.807, 2.05) is 0 Å². The Labute approximate surface area is 146 Å². The molecule has 0 amide bonds. The van der Waals surface area contributed by atoms with Crippen molar-refractivity contribution >= 4 is 5.52 Å². The van der Waals surface area contributed by atoms with Crippen molar-refractivity contribution in [1.29, 1.82) is 0 Å². The summed E-state index contributed by atoms with van der Waals surface area (Å²) in [5.41, 5.74) is 1.30. The van der Waals surface area contributed by atoms with Crippen LogP contribution in [-0.4, -0.2) is 29.4 Å². The maximum atomic E-state index is 13.2. The minimum Gasteiger partial charge on any atom is -0.392 e. The minimum atomic E-state index is -0.380. The summed E-state index contributed by atoms with van der Waals surface area (Å²) in [5.74, 6) is 0.408. The van der Waals surface area contributed by atoms with E-state index in [1.54, 1.807) is 31.5 Å². The summed E-state index contributed by atoms with van der Waals surface area (Å²) >= 11 is 0. The first kappa shape index (κ1) is 16.2. The van der Waals surface area contributed by atoms with Crippen LogP contribution in [0.5, 0.6) is 0 Å². The molecule has 0 saturated heterocycles. The molecule has 0 fully saturated rings. The Kier molecular flexibility index (Phi) is 3.85. The average molecular weight is 355 g/mol. The SMILES string of the molecule is Cc1noc(Cn2ccn3nc(-c4ccc(F)cc4)c(CO)c3c2=O)n1. The van der Waals surface area contributed by atoms with Crippen molar-refractivity contribution in [2.45, 2.75) is 20.1 Å². The van der Waals surface area contributed by atoms with E-state index in [0.29, 0.717) is 28.5 Å². The molecule has 0 unspecified atom stereocenters. The summed E-state index contributed by atoms with van der Waals surface area (Å²) in [6.45, 7) is 1.42. The molecule has 4 aromatic rings. The van der Waals surface area contributed by atoms with Gasteiger partial charge in [-0.15, -0.1) is 0 Å². The van der Waals surface area contributed by atoms with Crippen LogP contribution >= 0.6 is 0 Å². The Morgan fingerprint density at radius 3 is 2.65 bits per heavy atom. The number of fused-ring (bicyclic) bond motifs is 1. The summed E-state index contributed by atoms with van der Waals surface area (Å²) < 4.78 is 21.0. The van der Waals surface area contributed by atoms with Gasteiger partial charge in [0.15, 0.2) is 5.82 Å². The van der Waals surface area contributed by atoms with Crippen molar-refractivity contribution in [3.63, 3.8) is 0 Å². The highest BCUT2D eigenvalue weighted by Crippen LogP contribution is 2.25. The average Bonchev–Trinajstić information content (AvgIpc) is 3.21. The van der Waals surface area contributed by atoms with Gasteiger partial charge in [0.1, 0.15) is 17.9 Å². The molecule has 0 radical (unpaired) electrons. The van der Waals surface area contributed by atoms with E-state index < -0.39 is 0 Å². The quantitative estimate of drug-likeness (QED) is 0.596. The van der Waals surface area contributed by atoms with Gasteiger partial charge in [0, 0.05) is 23.5 Å². The molecule has 3 heterocycles. The van der Waals surface area contributed by atoms with Gasteiger partial charge in [-0.2, -0.15) is 10.1 Å². The lowest BCUT2D eigenvalue weighted by Gasteiger charge is -2.03. The van der Waals surface area contributed by atoms with Gasteiger partial charge < -0.3 is 14.2 Å². The molecule has 0 aliphatic heterocycles. The van der Waals surface area contributed by atoms with E-state index in [1.165, 1.54) is 21.2 Å². The first-order valence-corrected chi connectivity index (χ1v) is 7.83. The standard InChI is InChI=1S/C17H14FN5O3/c1-10-19-14(26-21-10)8-22-6-7-23-16(17(22)25)13(9-24)15(20-23)11-2-4-12(18)5-3-11/h2-7,24H,8-9H2,1H3. The van der Waals surface area contributed by atoms with Crippen molar-refractivity contribution < 1.29 is 14.0 Å². The maximum Gasteiger partial charge on any atom is 0.277 e. The number of nitrogens with zero attached hydrogens (tertiary/aromatic N) is 5. The molecule has 1 aromatic carbocycles. The molecule has 1 N–H and O–H groups in total. The van der Waals surface area contributed by atoms with Crippen molar-refractivity contribution in [2.75, 3.05) is 0 Å². The van der Waals surface area contributed by atoms with Gasteiger partial charge in [-0.1, -0.05) is 5.16 Å². The van der Waals surface area contributed by atoms with Crippen molar-refractivity contribution in [3.05, 3.63) is 70.1 Å². The summed E-state index contributed by atoms with van der Waals surface area (Å²) in [6, 6.07) is 5.71. The Hall–Kier alpha value is -3.33. The summed E-state index contributed by atoms with van der Waals surface area (Å²) in [6.07, 6.45) is 3.16. The molecule has 0 aliphatic rings. The van der Waals surface area contributed by atoms with Crippen molar-refractivity contribution in [3.8, 4) is 11.3 Å². The Morgan fingerprint density at radius 1 is 1.23 bits per heavy atom. The van der Waals surface area contributed by atoms with Gasteiger partial charge >= 0.3 is 0 Å². The number of aliphatic hydroxyl groups excluding tert-OH is 1. The van der Waals surface area contributed by atoms with Gasteiger partial charge in [-0.05, 0) is 31.2 Å². The summed E-state index contributed by atoms with van der Waals surface area (Å²) in [4.78, 5) is 16.9. The molecule has 0 saturated carbocycles. The number of halogens is 1. The number of aryl methyl sites for hydroxylation is 1. The highest BCUT2D eigenvalue weighted by molar-refractivity contribution is 5.72. The van der Waals surface area contributed by atoms with Gasteiger partial charge in [0.2, 0.25) is 5.89 Å². The highest BCUT2D eigenvalue weighted by Gasteiger charge is 2.18. The number of aromatic nitrogens is 5. The lowest BCUT2D eigenvalue weighted by molar-refractivity contribution is 0.283. The van der Waals surface area contributed by atoms with Crippen LogP contribution in [-0.2, 0) is 13.2 Å². The molecule has 0 aliphatic carbocycles. The largest absolute Gasteiger partial charge is 0.392 e. The van der Waals surface area contributed by atoms with E-state index in [0.717, 1.165) is 0 Å². The molecular weight excluding hydrogens is 341 g/mol. The van der Waals surface area contributed by atoms with Crippen LogP contribution in [0.15, 0.2) is 46.0 Å². The molecule has 26 heavy (non-hydrogen) atoms. The molecule has 0 spiro atoms. The molecule has 8 nitrogen and oxygen atoms in total. The summed E-state index contributed by atoms with van der Waals surface area (Å²) in [7, 11) is 0. The van der Waals surface area contributed by atoms with Crippen LogP contribution in [0.4, 0.5) is 4.39 Å². The number of hydrogen-bond donors (Lipinski definition) is 1. The fourth-order valence-electron chi connectivity index (χ4n) is 2.81. The number of hydrogen-bond acceptors (Lipinski definition) is 6. The maximum absolute atomic E-state index is 13.2. The lowest BCUT2D eigenvalue weighted by atomic mass is 10.1. The van der Waals surface area contributed by atoms with Crippen molar-refractivity contribution in [2.24, 2.45) is 0 Å². The molecule has 3 aromatic heterocycles. The van der Waals surface area contributed by atoms with Gasteiger partial charge in [0.05, 0.1) is 12.3 Å². The summed E-state index contributed by atoms with van der Waals surface area (Å²) in [5, 5.41) is 17.9. The van der Waals surface area contributed by atoms with E-state index in [2.05, 4.69) is 15.2 Å².